The zero-order chi connectivity index (χ0) is 18.9. The Labute approximate surface area is 164 Å². The highest BCUT2D eigenvalue weighted by Crippen LogP contribution is 2.17. The van der Waals surface area contributed by atoms with Crippen molar-refractivity contribution < 1.29 is 9.53 Å². The lowest BCUT2D eigenvalue weighted by Crippen LogP contribution is -2.21. The molecule has 4 nitrogen and oxygen atoms in total. The predicted octanol–water partition coefficient (Wildman–Crippen LogP) is 5.01. The van der Waals surface area contributed by atoms with Crippen LogP contribution in [0.2, 0.25) is 5.02 Å². The summed E-state index contributed by atoms with van der Waals surface area (Å²) in [6, 6.07) is 24.8. The highest BCUT2D eigenvalue weighted by molar-refractivity contribution is 6.30. The first-order chi connectivity index (χ1) is 13.2. The van der Waals surface area contributed by atoms with E-state index in [1.165, 1.54) is 5.56 Å². The van der Waals surface area contributed by atoms with E-state index in [9.17, 15) is 4.79 Å². The Morgan fingerprint density at radius 3 is 2.41 bits per heavy atom. The van der Waals surface area contributed by atoms with Crippen molar-refractivity contribution in [1.29, 1.82) is 0 Å². The van der Waals surface area contributed by atoms with Gasteiger partial charge in [0.2, 0.25) is 5.91 Å². The minimum absolute atomic E-state index is 0.132. The molecule has 0 heterocycles. The van der Waals surface area contributed by atoms with Crippen LogP contribution in [0.15, 0.2) is 78.9 Å². The van der Waals surface area contributed by atoms with E-state index in [0.29, 0.717) is 11.6 Å². The van der Waals surface area contributed by atoms with E-state index in [4.69, 9.17) is 16.3 Å². The molecular formula is C22H21ClN2O2. The molecule has 0 saturated carbocycles. The molecule has 0 unspecified atom stereocenters. The molecule has 3 aromatic carbocycles. The molecule has 0 bridgehead atoms. The van der Waals surface area contributed by atoms with E-state index in [1.54, 1.807) is 12.1 Å². The van der Waals surface area contributed by atoms with Crippen molar-refractivity contribution in [3.05, 3.63) is 89.4 Å². The van der Waals surface area contributed by atoms with Gasteiger partial charge < -0.3 is 15.4 Å². The number of carbonyl (C=O) groups excluding carboxylic acids is 1. The minimum atomic E-state index is -0.132. The Bertz CT molecular complexity index is 867. The van der Waals surface area contributed by atoms with Gasteiger partial charge in [0.15, 0.2) is 0 Å². The summed E-state index contributed by atoms with van der Waals surface area (Å²) < 4.78 is 5.75. The van der Waals surface area contributed by atoms with Crippen LogP contribution in [-0.2, 0) is 11.2 Å². The molecule has 27 heavy (non-hydrogen) atoms. The lowest BCUT2D eigenvalue weighted by atomic mass is 10.2. The van der Waals surface area contributed by atoms with Crippen molar-refractivity contribution in [2.75, 3.05) is 23.8 Å². The van der Waals surface area contributed by atoms with E-state index in [-0.39, 0.29) is 12.5 Å². The topological polar surface area (TPSA) is 50.4 Å². The first-order valence-corrected chi connectivity index (χ1v) is 9.13. The summed E-state index contributed by atoms with van der Waals surface area (Å²) in [5.41, 5.74) is 2.77. The van der Waals surface area contributed by atoms with Crippen molar-refractivity contribution >= 4 is 28.9 Å². The highest BCUT2D eigenvalue weighted by Gasteiger charge is 2.03. The van der Waals surface area contributed by atoms with Crippen LogP contribution in [0, 0.1) is 0 Å². The number of halogens is 1. The minimum Gasteiger partial charge on any atom is -0.493 e. The van der Waals surface area contributed by atoms with Crippen molar-refractivity contribution in [2.45, 2.75) is 6.42 Å². The van der Waals surface area contributed by atoms with Crippen LogP contribution in [0.4, 0.5) is 11.4 Å². The van der Waals surface area contributed by atoms with Crippen molar-refractivity contribution in [1.82, 2.24) is 0 Å². The normalized spacial score (nSPS) is 10.3. The lowest BCUT2D eigenvalue weighted by molar-refractivity contribution is -0.114. The summed E-state index contributed by atoms with van der Waals surface area (Å²) >= 11 is 5.92. The third-order valence-electron chi connectivity index (χ3n) is 3.92. The Kier molecular flexibility index (Phi) is 6.72. The van der Waals surface area contributed by atoms with Gasteiger partial charge in [-0.1, -0.05) is 48.0 Å². The van der Waals surface area contributed by atoms with E-state index in [1.807, 2.05) is 54.6 Å². The summed E-state index contributed by atoms with van der Waals surface area (Å²) in [6.45, 7) is 0.773. The third-order valence-corrected chi connectivity index (χ3v) is 4.15. The van der Waals surface area contributed by atoms with E-state index in [0.717, 1.165) is 23.5 Å². The van der Waals surface area contributed by atoms with Crippen molar-refractivity contribution in [3.8, 4) is 5.75 Å². The second-order valence-electron chi connectivity index (χ2n) is 6.02. The molecule has 0 fully saturated rings. The number of rotatable bonds is 8. The maximum atomic E-state index is 12.0. The summed E-state index contributed by atoms with van der Waals surface area (Å²) in [5.74, 6) is 0.647. The van der Waals surface area contributed by atoms with Gasteiger partial charge in [-0.2, -0.15) is 0 Å². The Balaban J connectivity index is 1.42. The number of anilines is 2. The number of amides is 1. The van der Waals surface area contributed by atoms with Crippen molar-refractivity contribution in [2.24, 2.45) is 0 Å². The van der Waals surface area contributed by atoms with Gasteiger partial charge in [0.05, 0.1) is 13.2 Å². The fourth-order valence-corrected chi connectivity index (χ4v) is 2.74. The second kappa shape index (κ2) is 9.64. The van der Waals surface area contributed by atoms with Gasteiger partial charge >= 0.3 is 0 Å². The van der Waals surface area contributed by atoms with Gasteiger partial charge in [-0.25, -0.2) is 0 Å². The SMILES string of the molecule is O=C(CNc1cccc(Cl)c1)Nc1ccc(OCCc2ccccc2)cc1. The number of nitrogens with one attached hydrogen (secondary N) is 2. The Morgan fingerprint density at radius 1 is 0.889 bits per heavy atom. The average molecular weight is 381 g/mol. The van der Waals surface area contributed by atoms with Crippen LogP contribution in [0.5, 0.6) is 5.75 Å². The first-order valence-electron chi connectivity index (χ1n) is 8.75. The Morgan fingerprint density at radius 2 is 1.67 bits per heavy atom. The predicted molar refractivity (Wildman–Crippen MR) is 111 cm³/mol. The largest absolute Gasteiger partial charge is 0.493 e. The van der Waals surface area contributed by atoms with E-state index in [2.05, 4.69) is 22.8 Å². The second-order valence-corrected chi connectivity index (χ2v) is 6.46. The number of hydrogen-bond acceptors (Lipinski definition) is 3. The van der Waals surface area contributed by atoms with Gasteiger partial charge in [-0.3, -0.25) is 4.79 Å². The molecule has 0 saturated heterocycles. The van der Waals surface area contributed by atoms with Crippen molar-refractivity contribution in [3.63, 3.8) is 0 Å². The van der Waals surface area contributed by atoms with Crippen LogP contribution >= 0.6 is 11.6 Å². The van der Waals surface area contributed by atoms with Crippen LogP contribution < -0.4 is 15.4 Å². The summed E-state index contributed by atoms with van der Waals surface area (Å²) in [7, 11) is 0. The molecule has 0 aliphatic carbocycles. The molecule has 0 aliphatic rings. The summed E-state index contributed by atoms with van der Waals surface area (Å²) in [5, 5.41) is 6.51. The monoisotopic (exact) mass is 380 g/mol. The fraction of sp³-hybridized carbons (Fsp3) is 0.136. The zero-order valence-corrected chi connectivity index (χ0v) is 15.6. The van der Waals surface area contributed by atoms with Crippen LogP contribution in [0.25, 0.3) is 0 Å². The molecular weight excluding hydrogens is 360 g/mol. The molecule has 0 aliphatic heterocycles. The molecule has 2 N–H and O–H groups in total. The first kappa shape index (κ1) is 18.8. The molecule has 1 amide bonds. The standard InChI is InChI=1S/C22H21ClN2O2/c23-18-7-4-8-20(15-18)24-16-22(26)25-19-9-11-21(12-10-19)27-14-13-17-5-2-1-3-6-17/h1-12,15,24H,13-14,16H2,(H,25,26). The zero-order valence-electron chi connectivity index (χ0n) is 14.8. The fourth-order valence-electron chi connectivity index (χ4n) is 2.55. The maximum absolute atomic E-state index is 12.0. The number of benzene rings is 3. The maximum Gasteiger partial charge on any atom is 0.243 e. The average Bonchev–Trinajstić information content (AvgIpc) is 2.69. The lowest BCUT2D eigenvalue weighted by Gasteiger charge is -2.10. The Hall–Kier alpha value is -2.98. The number of ether oxygens (including phenoxy) is 1. The number of carbonyl (C=O) groups is 1. The summed E-state index contributed by atoms with van der Waals surface area (Å²) in [4.78, 5) is 12.0. The van der Waals surface area contributed by atoms with Crippen LogP contribution in [0.3, 0.4) is 0 Å². The van der Waals surface area contributed by atoms with E-state index < -0.39 is 0 Å². The molecule has 0 atom stereocenters. The summed E-state index contributed by atoms with van der Waals surface area (Å²) in [6.07, 6.45) is 0.856. The van der Waals surface area contributed by atoms with Crippen LogP contribution in [-0.4, -0.2) is 19.1 Å². The highest BCUT2D eigenvalue weighted by atomic mass is 35.5. The van der Waals surface area contributed by atoms with Gasteiger partial charge in [0.1, 0.15) is 5.75 Å². The smallest absolute Gasteiger partial charge is 0.243 e. The van der Waals surface area contributed by atoms with Gasteiger partial charge in [0.25, 0.3) is 0 Å². The van der Waals surface area contributed by atoms with Crippen LogP contribution in [0.1, 0.15) is 5.56 Å². The quantitative estimate of drug-likeness (QED) is 0.577. The van der Waals surface area contributed by atoms with Gasteiger partial charge in [-0.05, 0) is 48.0 Å². The molecule has 0 aromatic heterocycles. The number of hydrogen-bond donors (Lipinski definition) is 2. The molecule has 138 valence electrons. The van der Waals surface area contributed by atoms with E-state index >= 15 is 0 Å². The molecule has 5 heteroatoms. The van der Waals surface area contributed by atoms with Gasteiger partial charge in [-0.15, -0.1) is 0 Å². The molecule has 3 aromatic rings. The molecule has 3 rings (SSSR count). The third kappa shape index (κ3) is 6.35. The molecule has 0 radical (unpaired) electrons. The molecule has 0 spiro atoms. The van der Waals surface area contributed by atoms with Gasteiger partial charge in [0, 0.05) is 22.8 Å².